The molecule has 0 fully saturated rings. The molecule has 0 atom stereocenters. The molecule has 0 saturated heterocycles. The van der Waals surface area contributed by atoms with Crippen molar-refractivity contribution in [2.45, 2.75) is 24.0 Å². The Kier molecular flexibility index (Phi) is 5.09. The van der Waals surface area contributed by atoms with Gasteiger partial charge in [-0.25, -0.2) is 9.37 Å². The van der Waals surface area contributed by atoms with Crippen molar-refractivity contribution in [3.63, 3.8) is 0 Å². The molecule has 3 aromatic rings. The van der Waals surface area contributed by atoms with Gasteiger partial charge in [0.2, 0.25) is 0 Å². The smallest absolute Gasteiger partial charge is 0.146 e. The van der Waals surface area contributed by atoms with Crippen molar-refractivity contribution in [2.24, 2.45) is 0 Å². The highest BCUT2D eigenvalue weighted by molar-refractivity contribution is 6.48. The van der Waals surface area contributed by atoms with E-state index in [9.17, 15) is 4.39 Å². The van der Waals surface area contributed by atoms with E-state index in [1.807, 2.05) is 6.07 Å². The fourth-order valence-corrected chi connectivity index (χ4v) is 3.81. The van der Waals surface area contributed by atoms with Gasteiger partial charge in [-0.05, 0) is 59.4 Å². The van der Waals surface area contributed by atoms with Crippen LogP contribution in [0.25, 0.3) is 0 Å². The number of aromatic nitrogens is 2. The summed E-state index contributed by atoms with van der Waals surface area (Å²) < 4.78 is 14.1. The van der Waals surface area contributed by atoms with Crippen LogP contribution in [0.5, 0.6) is 0 Å². The van der Waals surface area contributed by atoms with E-state index in [-0.39, 0.29) is 12.1 Å². The maximum atomic E-state index is 14.1. The van der Waals surface area contributed by atoms with Crippen LogP contribution >= 0.6 is 0 Å². The molecule has 1 aliphatic rings. The average molecular weight is 399 g/mol. The van der Waals surface area contributed by atoms with Gasteiger partial charge in [-0.3, -0.25) is 4.98 Å². The topological polar surface area (TPSA) is 64.8 Å². The number of aryl methyl sites for hydroxylation is 1. The first-order valence-electron chi connectivity index (χ1n) is 9.47. The molecule has 2 aromatic heterocycles. The average Bonchev–Trinajstić information content (AvgIpc) is 2.71. The number of halogens is 1. The van der Waals surface area contributed by atoms with Crippen LogP contribution in [0.2, 0.25) is 0 Å². The van der Waals surface area contributed by atoms with Crippen LogP contribution < -0.4 is 10.2 Å². The molecule has 0 aliphatic carbocycles. The van der Waals surface area contributed by atoms with Crippen molar-refractivity contribution >= 4 is 48.6 Å². The van der Waals surface area contributed by atoms with Crippen LogP contribution in [0.4, 0.5) is 21.6 Å². The number of pyridine rings is 2. The van der Waals surface area contributed by atoms with Gasteiger partial charge in [0.05, 0.1) is 54.5 Å². The molecule has 0 spiro atoms. The quantitative estimate of drug-likeness (QED) is 0.684. The molecule has 3 heterocycles. The van der Waals surface area contributed by atoms with E-state index in [2.05, 4.69) is 15.3 Å². The molecular weight excluding hydrogens is 385 g/mol. The molecule has 5 nitrogen and oxygen atoms in total. The summed E-state index contributed by atoms with van der Waals surface area (Å²) in [5.74, 6) is -0.0546. The van der Waals surface area contributed by atoms with Crippen molar-refractivity contribution in [2.75, 3.05) is 10.2 Å². The van der Waals surface area contributed by atoms with Gasteiger partial charge in [-0.2, -0.15) is 5.26 Å². The van der Waals surface area contributed by atoms with Crippen molar-refractivity contribution < 1.29 is 4.39 Å². The van der Waals surface area contributed by atoms with E-state index >= 15 is 0 Å². The molecule has 8 radical (unpaired) electrons. The van der Waals surface area contributed by atoms with Gasteiger partial charge in [0.1, 0.15) is 17.7 Å². The Bertz CT molecular complexity index is 1210. The highest BCUT2D eigenvalue weighted by Gasteiger charge is 2.44. The maximum Gasteiger partial charge on any atom is 0.146 e. The minimum Gasteiger partial charge on any atom is -0.375 e. The number of rotatable bonds is 3. The number of benzene rings is 1. The van der Waals surface area contributed by atoms with Gasteiger partial charge in [-0.15, -0.1) is 0 Å². The lowest BCUT2D eigenvalue weighted by atomic mass is 9.46. The monoisotopic (exact) mass is 399 g/mol. The van der Waals surface area contributed by atoms with Crippen LogP contribution in [-0.4, -0.2) is 46.7 Å². The molecule has 10 heteroatoms. The van der Waals surface area contributed by atoms with E-state index < -0.39 is 16.5 Å². The Labute approximate surface area is 185 Å². The van der Waals surface area contributed by atoms with E-state index in [0.29, 0.717) is 33.9 Å². The fourth-order valence-electron chi connectivity index (χ4n) is 3.81. The number of anilines is 3. The second-order valence-corrected chi connectivity index (χ2v) is 7.63. The van der Waals surface area contributed by atoms with E-state index in [1.165, 1.54) is 23.4 Å². The van der Waals surface area contributed by atoms with E-state index in [4.69, 9.17) is 36.6 Å². The van der Waals surface area contributed by atoms with Crippen LogP contribution in [-0.2, 0) is 11.8 Å². The second-order valence-electron chi connectivity index (χ2n) is 7.63. The minimum atomic E-state index is -1.68. The van der Waals surface area contributed by atoms with Gasteiger partial charge in [0, 0.05) is 11.9 Å². The van der Waals surface area contributed by atoms with Crippen LogP contribution in [0, 0.1) is 24.1 Å². The summed E-state index contributed by atoms with van der Waals surface area (Å²) >= 11 is 0. The number of fused-ring (bicyclic) bond motifs is 1. The molecule has 0 bridgehead atoms. The van der Waals surface area contributed by atoms with Crippen molar-refractivity contribution in [1.82, 2.24) is 9.97 Å². The molecule has 0 saturated carbocycles. The molecular formula is C21H14B4FN5. The van der Waals surface area contributed by atoms with Crippen LogP contribution in [0.1, 0.15) is 22.4 Å². The number of hydrogen-bond acceptors (Lipinski definition) is 5. The summed E-state index contributed by atoms with van der Waals surface area (Å²) in [6.07, 6.45) is 3.08. The summed E-state index contributed by atoms with van der Waals surface area (Å²) in [5, 5.41) is 8.94. The third-order valence-electron chi connectivity index (χ3n) is 5.18. The van der Waals surface area contributed by atoms with Gasteiger partial charge >= 0.3 is 0 Å². The molecule has 4 rings (SSSR count). The Morgan fingerprint density at radius 1 is 1.13 bits per heavy atom. The normalized spacial score (nSPS) is 16.2. The first kappa shape index (κ1) is 21.0. The number of hydrogen-bond donors (Lipinski definition) is 1. The van der Waals surface area contributed by atoms with E-state index in [1.54, 1.807) is 37.3 Å². The Morgan fingerprint density at radius 2 is 1.87 bits per heavy atom. The zero-order chi connectivity index (χ0) is 22.4. The second kappa shape index (κ2) is 7.49. The Morgan fingerprint density at radius 3 is 2.55 bits per heavy atom. The number of nitriles is 1. The molecule has 31 heavy (non-hydrogen) atoms. The summed E-state index contributed by atoms with van der Waals surface area (Å²) in [4.78, 5) is 10.2. The Hall–Kier alpha value is -3.20. The summed E-state index contributed by atoms with van der Waals surface area (Å²) in [6, 6.07) is 11.6. The number of para-hydroxylation sites is 1. The molecule has 1 aromatic carbocycles. The van der Waals surface area contributed by atoms with E-state index in [0.717, 1.165) is 0 Å². The van der Waals surface area contributed by atoms with Crippen molar-refractivity contribution in [3.05, 3.63) is 77.0 Å². The van der Waals surface area contributed by atoms with Gasteiger partial charge in [0.25, 0.3) is 0 Å². The van der Waals surface area contributed by atoms with Crippen LogP contribution in [0.3, 0.4) is 0 Å². The predicted molar refractivity (Wildman–Crippen MR) is 121 cm³/mol. The van der Waals surface area contributed by atoms with Gasteiger partial charge in [0.15, 0.2) is 0 Å². The fraction of sp³-hybridized carbons (Fsp3) is 0.190. The van der Waals surface area contributed by atoms with Crippen molar-refractivity contribution in [1.29, 1.82) is 5.26 Å². The lowest BCUT2D eigenvalue weighted by molar-refractivity contribution is 0.561. The number of nitrogens with one attached hydrogen (secondary N) is 1. The third-order valence-corrected chi connectivity index (χ3v) is 5.18. The predicted octanol–water partition coefficient (Wildman–Crippen LogP) is 2.04. The zero-order valence-electron chi connectivity index (χ0n) is 16.8. The van der Waals surface area contributed by atoms with Gasteiger partial charge < -0.3 is 10.2 Å². The maximum absolute atomic E-state index is 14.1. The highest BCUT2D eigenvalue weighted by Crippen LogP contribution is 2.41. The lowest BCUT2D eigenvalue weighted by Gasteiger charge is -2.56. The first-order valence-corrected chi connectivity index (χ1v) is 9.47. The summed E-state index contributed by atoms with van der Waals surface area (Å²) in [7, 11) is 25.9. The first-order chi connectivity index (χ1) is 14.6. The highest BCUT2D eigenvalue weighted by atomic mass is 19.1. The summed E-state index contributed by atoms with van der Waals surface area (Å²) in [6.45, 7) is 1.76. The largest absolute Gasteiger partial charge is 0.375 e. The lowest BCUT2D eigenvalue weighted by Crippen LogP contribution is -2.66. The summed E-state index contributed by atoms with van der Waals surface area (Å²) in [5.41, 5.74) is 2.79. The molecule has 1 aliphatic heterocycles. The molecule has 142 valence electrons. The van der Waals surface area contributed by atoms with Gasteiger partial charge in [-0.1, -0.05) is 12.1 Å². The van der Waals surface area contributed by atoms with Crippen LogP contribution in [0.15, 0.2) is 48.8 Å². The zero-order valence-corrected chi connectivity index (χ0v) is 16.8. The SMILES string of the molecule is [B]C1([B])Cc2ncc(Nc3ccccc3F)cc2C([B])([B])N1c1ncc(C#N)cc1C. The minimum absolute atomic E-state index is 0.138. The molecule has 1 N–H and O–H groups in total. The third kappa shape index (κ3) is 3.69. The molecule has 0 amide bonds. The Balaban J connectivity index is 1.80. The standard InChI is InChI=1S/C21H14B4FN5/c1-12-6-13(9-27)10-29-19(12)31-20(22,23)8-18-15(21(31,24)25)7-14(11-28-18)30-17-5-3-2-4-16(17)26/h2-7,10-11,30H,8H2,1H3. The van der Waals surface area contributed by atoms with Crippen molar-refractivity contribution in [3.8, 4) is 6.07 Å². The molecule has 0 unspecified atom stereocenters. The number of nitrogens with zero attached hydrogens (tertiary/aromatic N) is 4.